The Hall–Kier alpha value is -5.07. The summed E-state index contributed by atoms with van der Waals surface area (Å²) in [4.78, 5) is 61.0. The highest BCUT2D eigenvalue weighted by molar-refractivity contribution is 7.99. The second-order valence-corrected chi connectivity index (χ2v) is 12.9. The van der Waals surface area contributed by atoms with E-state index in [-0.39, 0.29) is 23.2 Å². The van der Waals surface area contributed by atoms with Gasteiger partial charge in [0, 0.05) is 72.1 Å². The van der Waals surface area contributed by atoms with E-state index in [9.17, 15) is 24.0 Å². The van der Waals surface area contributed by atoms with Crippen molar-refractivity contribution >= 4 is 53.4 Å². The molecular formula is C38H35O10S2. The van der Waals surface area contributed by atoms with Crippen LogP contribution in [0.4, 0.5) is 0 Å². The molecule has 0 atom stereocenters. The molecule has 0 aromatic heterocycles. The molecule has 0 N–H and O–H groups in total. The van der Waals surface area contributed by atoms with E-state index in [1.54, 1.807) is 50.7 Å². The molecule has 0 unspecified atom stereocenters. The lowest BCUT2D eigenvalue weighted by Gasteiger charge is -2.22. The van der Waals surface area contributed by atoms with Gasteiger partial charge in [-0.25, -0.2) is 0 Å². The molecule has 0 aliphatic rings. The Balaban J connectivity index is 0.000000331. The third-order valence-electron chi connectivity index (χ3n) is 6.31. The van der Waals surface area contributed by atoms with Crippen LogP contribution in [0, 0.1) is 45.9 Å². The third-order valence-corrected chi connectivity index (χ3v) is 8.63. The topological polar surface area (TPSA) is 132 Å². The normalized spacial score (nSPS) is 10.3. The summed E-state index contributed by atoms with van der Waals surface area (Å²) in [6.45, 7) is 13.3. The van der Waals surface area contributed by atoms with Gasteiger partial charge in [0.15, 0.2) is 17.2 Å². The molecule has 0 heterocycles. The van der Waals surface area contributed by atoms with Gasteiger partial charge in [-0.1, -0.05) is 29.6 Å². The van der Waals surface area contributed by atoms with E-state index in [0.29, 0.717) is 33.1 Å². The Morgan fingerprint density at radius 2 is 1.12 bits per heavy atom. The molecule has 3 radical (unpaired) electrons. The minimum absolute atomic E-state index is 0.00244. The van der Waals surface area contributed by atoms with E-state index in [1.807, 2.05) is 37.3 Å². The van der Waals surface area contributed by atoms with Crippen LogP contribution < -0.4 is 23.7 Å². The maximum absolute atomic E-state index is 11.9. The minimum Gasteiger partial charge on any atom is -0.426 e. The molecule has 4 aromatic rings. The first-order valence-electron chi connectivity index (χ1n) is 15.0. The number of carbonyl (C=O) groups is 5. The molecule has 4 aromatic carbocycles. The van der Waals surface area contributed by atoms with Crippen LogP contribution in [0.3, 0.4) is 0 Å². The van der Waals surface area contributed by atoms with Crippen LogP contribution >= 0.6 is 23.5 Å². The van der Waals surface area contributed by atoms with Crippen molar-refractivity contribution in [1.29, 1.82) is 0 Å². The molecule has 0 fully saturated rings. The van der Waals surface area contributed by atoms with E-state index in [0.717, 1.165) is 20.2 Å². The van der Waals surface area contributed by atoms with Crippen LogP contribution in [-0.4, -0.2) is 29.8 Å². The number of esters is 5. The lowest BCUT2D eigenvalue weighted by molar-refractivity contribution is -0.134. The van der Waals surface area contributed by atoms with Gasteiger partial charge in [-0.2, -0.15) is 0 Å². The van der Waals surface area contributed by atoms with Gasteiger partial charge in [-0.15, -0.1) is 0 Å². The van der Waals surface area contributed by atoms with Gasteiger partial charge in [-0.3, -0.25) is 24.0 Å². The van der Waals surface area contributed by atoms with E-state index in [1.165, 1.54) is 46.4 Å². The van der Waals surface area contributed by atoms with Crippen LogP contribution in [0.2, 0.25) is 0 Å². The average molecular weight is 716 g/mol. The average Bonchev–Trinajstić information content (AvgIpc) is 3.02. The van der Waals surface area contributed by atoms with Crippen molar-refractivity contribution in [3.8, 4) is 28.7 Å². The standard InChI is InChI=1S/C24H26O8S.C14H9O2S/c1-11-9-19(29-15(5)25)12(2)20(10-11)33-24-14(4)22(31-17(7)27)21(30-16(6)26)13(3)23(24)32-18(8)28;1-11(15)16-12-7-9-14(10-8-12)17-13-5-3-2-4-6-13/h9-10H,1-8H3;3,5-7,9-10H,1H3. The fourth-order valence-corrected chi connectivity index (χ4v) is 6.32. The fraction of sp³-hybridized carbons (Fsp3) is 0.237. The van der Waals surface area contributed by atoms with Crippen LogP contribution in [0.15, 0.2) is 68.1 Å². The van der Waals surface area contributed by atoms with Gasteiger partial charge in [-0.05, 0) is 87.9 Å². The van der Waals surface area contributed by atoms with Crippen molar-refractivity contribution in [3.63, 3.8) is 0 Å². The Morgan fingerprint density at radius 3 is 1.64 bits per heavy atom. The Kier molecular flexibility index (Phi) is 14.2. The van der Waals surface area contributed by atoms with Crippen LogP contribution in [0.1, 0.15) is 56.9 Å². The molecular weight excluding hydrogens is 681 g/mol. The first-order valence-corrected chi connectivity index (χ1v) is 16.6. The molecule has 0 saturated heterocycles. The molecule has 259 valence electrons. The summed E-state index contributed by atoms with van der Waals surface area (Å²) in [6.07, 6.45) is 0. The van der Waals surface area contributed by atoms with Crippen molar-refractivity contribution in [2.24, 2.45) is 0 Å². The highest BCUT2D eigenvalue weighted by Gasteiger charge is 2.27. The predicted octanol–water partition coefficient (Wildman–Crippen LogP) is 7.94. The van der Waals surface area contributed by atoms with Gasteiger partial charge < -0.3 is 23.7 Å². The SMILES string of the molecule is CC(=O)Oc1[c]cc(Sc2c[c][c]cc2)cc1.CC(=O)Oc1cc(C)cc(Sc2c(C)c(OC(C)=O)c(OC(C)=O)c(C)c2OC(C)=O)c1C. The van der Waals surface area contributed by atoms with Crippen molar-refractivity contribution < 1.29 is 47.7 Å². The number of carbonyl (C=O) groups excluding carboxylic acids is 5. The monoisotopic (exact) mass is 715 g/mol. The summed E-state index contributed by atoms with van der Waals surface area (Å²) in [5.74, 6) is -1.52. The van der Waals surface area contributed by atoms with Crippen molar-refractivity contribution in [3.05, 3.63) is 89.0 Å². The van der Waals surface area contributed by atoms with Crippen LogP contribution in [0.5, 0.6) is 28.7 Å². The largest absolute Gasteiger partial charge is 0.426 e. The van der Waals surface area contributed by atoms with E-state index < -0.39 is 23.9 Å². The summed E-state index contributed by atoms with van der Waals surface area (Å²) in [5.41, 5.74) is 2.29. The molecule has 0 spiro atoms. The smallest absolute Gasteiger partial charge is 0.308 e. The summed E-state index contributed by atoms with van der Waals surface area (Å²) in [5, 5.41) is 0. The minimum atomic E-state index is -0.624. The molecule has 4 rings (SSSR count). The van der Waals surface area contributed by atoms with Crippen LogP contribution in [0.25, 0.3) is 0 Å². The first-order chi connectivity index (χ1) is 23.5. The number of ether oxygens (including phenoxy) is 5. The molecule has 0 saturated carbocycles. The van der Waals surface area contributed by atoms with Crippen molar-refractivity contribution in [1.82, 2.24) is 0 Å². The Morgan fingerprint density at radius 1 is 0.560 bits per heavy atom. The molecule has 50 heavy (non-hydrogen) atoms. The van der Waals surface area contributed by atoms with Gasteiger partial charge in [0.25, 0.3) is 0 Å². The second-order valence-electron chi connectivity index (χ2n) is 10.7. The molecule has 0 aliphatic carbocycles. The lowest BCUT2D eigenvalue weighted by atomic mass is 10.1. The number of benzene rings is 4. The summed E-state index contributed by atoms with van der Waals surface area (Å²) < 4.78 is 26.4. The Labute approximate surface area is 299 Å². The second kappa shape index (κ2) is 18.1. The highest BCUT2D eigenvalue weighted by atomic mass is 32.2. The van der Waals surface area contributed by atoms with E-state index in [2.05, 4.69) is 18.2 Å². The lowest BCUT2D eigenvalue weighted by Crippen LogP contribution is -2.13. The first kappa shape index (κ1) is 39.4. The van der Waals surface area contributed by atoms with Gasteiger partial charge >= 0.3 is 29.8 Å². The number of rotatable bonds is 9. The summed E-state index contributed by atoms with van der Waals surface area (Å²) in [6, 6.07) is 23.3. The maximum Gasteiger partial charge on any atom is 0.308 e. The van der Waals surface area contributed by atoms with E-state index in [4.69, 9.17) is 23.7 Å². The molecule has 0 aliphatic heterocycles. The predicted molar refractivity (Wildman–Crippen MR) is 186 cm³/mol. The van der Waals surface area contributed by atoms with Gasteiger partial charge in [0.2, 0.25) is 0 Å². The summed E-state index contributed by atoms with van der Waals surface area (Å²) >= 11 is 2.84. The number of aryl methyl sites for hydroxylation is 1. The quantitative estimate of drug-likeness (QED) is 0.123. The zero-order valence-corrected chi connectivity index (χ0v) is 30.7. The summed E-state index contributed by atoms with van der Waals surface area (Å²) in [7, 11) is 0. The van der Waals surface area contributed by atoms with Crippen molar-refractivity contribution in [2.75, 3.05) is 0 Å². The molecule has 10 nitrogen and oxygen atoms in total. The molecule has 12 heteroatoms. The zero-order chi connectivity index (χ0) is 37.1. The highest BCUT2D eigenvalue weighted by Crippen LogP contribution is 2.50. The Bertz CT molecular complexity index is 1900. The fourth-order valence-electron chi connectivity index (χ4n) is 4.29. The van der Waals surface area contributed by atoms with Gasteiger partial charge in [0.05, 0.1) is 4.90 Å². The third kappa shape index (κ3) is 11.5. The maximum atomic E-state index is 11.9. The molecule has 0 bridgehead atoms. The van der Waals surface area contributed by atoms with Gasteiger partial charge in [0.1, 0.15) is 11.5 Å². The molecule has 0 amide bonds. The zero-order valence-electron chi connectivity index (χ0n) is 29.0. The van der Waals surface area contributed by atoms with E-state index >= 15 is 0 Å². The van der Waals surface area contributed by atoms with Crippen molar-refractivity contribution in [2.45, 2.75) is 81.9 Å². The number of hydrogen-bond acceptors (Lipinski definition) is 12. The van der Waals surface area contributed by atoms with Crippen LogP contribution in [-0.2, 0) is 24.0 Å². The number of hydrogen-bond donors (Lipinski definition) is 0.